The Labute approximate surface area is 73.4 Å². The molecule has 1 aliphatic heterocycles. The molecule has 0 unspecified atom stereocenters. The van der Waals surface area contributed by atoms with E-state index in [2.05, 4.69) is 18.8 Å². The van der Waals surface area contributed by atoms with Crippen molar-refractivity contribution in [1.29, 1.82) is 0 Å². The summed E-state index contributed by atoms with van der Waals surface area (Å²) in [6.45, 7) is 5.92. The first kappa shape index (κ1) is 9.43. The Morgan fingerprint density at radius 2 is 2.33 bits per heavy atom. The molecule has 0 radical (unpaired) electrons. The van der Waals surface area contributed by atoms with Crippen LogP contribution in [-0.2, 0) is 0 Å². The van der Waals surface area contributed by atoms with Crippen LogP contribution in [0.5, 0.6) is 0 Å². The summed E-state index contributed by atoms with van der Waals surface area (Å²) in [4.78, 5) is 4.28. The molecule has 1 heterocycles. The predicted octanol–water partition coefficient (Wildman–Crippen LogP) is 3.12. The molecule has 0 aromatic carbocycles. The molecule has 1 nitrogen and oxygen atoms in total. The van der Waals surface area contributed by atoms with Crippen LogP contribution in [0.2, 0.25) is 0 Å². The van der Waals surface area contributed by atoms with Crippen molar-refractivity contribution in [3.63, 3.8) is 0 Å². The summed E-state index contributed by atoms with van der Waals surface area (Å²) in [6, 6.07) is 0.263. The van der Waals surface area contributed by atoms with Gasteiger partial charge in [0, 0.05) is 0 Å². The van der Waals surface area contributed by atoms with E-state index in [1.165, 1.54) is 0 Å². The van der Waals surface area contributed by atoms with Gasteiger partial charge in [-0.3, -0.25) is 4.99 Å². The van der Waals surface area contributed by atoms with Gasteiger partial charge in [0.05, 0.1) is 11.8 Å². The van der Waals surface area contributed by atoms with Crippen LogP contribution < -0.4 is 0 Å². The van der Waals surface area contributed by atoms with Gasteiger partial charge in [-0.25, -0.2) is 4.39 Å². The minimum absolute atomic E-state index is 0.141. The number of allylic oxidation sites excluding steroid dienone is 2. The molecule has 0 bridgehead atoms. The number of hydrogen-bond donors (Lipinski definition) is 0. The first-order chi connectivity index (χ1) is 5.65. The zero-order chi connectivity index (χ0) is 9.14. The normalized spacial score (nSPS) is 30.7. The molecular weight excluding hydrogens is 153 g/mol. The lowest BCUT2D eigenvalue weighted by molar-refractivity contribution is 0.439. The highest BCUT2D eigenvalue weighted by atomic mass is 19.1. The summed E-state index contributed by atoms with van der Waals surface area (Å²) >= 11 is 0. The standard InChI is InChI=1S/C10H16FN/c1-4-9-5-6-10(11)8(3)12-7(9)2/h6-7,9H,4-5H2,1-3H3/t7-,9-/m0/s1. The van der Waals surface area contributed by atoms with E-state index in [4.69, 9.17) is 0 Å². The van der Waals surface area contributed by atoms with Gasteiger partial charge < -0.3 is 0 Å². The van der Waals surface area contributed by atoms with Gasteiger partial charge in [0.2, 0.25) is 0 Å². The maximum Gasteiger partial charge on any atom is 0.139 e. The van der Waals surface area contributed by atoms with Crippen LogP contribution in [0.1, 0.15) is 33.6 Å². The fourth-order valence-corrected chi connectivity index (χ4v) is 1.58. The highest BCUT2D eigenvalue weighted by Crippen LogP contribution is 2.22. The third-order valence-corrected chi connectivity index (χ3v) is 2.55. The predicted molar refractivity (Wildman–Crippen MR) is 50.2 cm³/mol. The van der Waals surface area contributed by atoms with Gasteiger partial charge >= 0.3 is 0 Å². The van der Waals surface area contributed by atoms with Crippen LogP contribution in [0.25, 0.3) is 0 Å². The fraction of sp³-hybridized carbons (Fsp3) is 0.700. The molecule has 0 aliphatic carbocycles. The molecule has 1 rings (SSSR count). The molecule has 0 N–H and O–H groups in total. The van der Waals surface area contributed by atoms with Crippen molar-refractivity contribution in [1.82, 2.24) is 0 Å². The molecule has 0 amide bonds. The third kappa shape index (κ3) is 1.93. The SMILES string of the molecule is CC[C@H]1CC=C(F)C(C)=N[C@H]1C. The van der Waals surface area contributed by atoms with Crippen molar-refractivity contribution in [3.05, 3.63) is 11.9 Å². The molecule has 2 atom stereocenters. The highest BCUT2D eigenvalue weighted by molar-refractivity contribution is 5.96. The maximum atomic E-state index is 13.1. The van der Waals surface area contributed by atoms with Crippen molar-refractivity contribution < 1.29 is 4.39 Å². The zero-order valence-corrected chi connectivity index (χ0v) is 7.97. The van der Waals surface area contributed by atoms with E-state index in [9.17, 15) is 4.39 Å². The van der Waals surface area contributed by atoms with Crippen LogP contribution >= 0.6 is 0 Å². The van der Waals surface area contributed by atoms with Crippen molar-refractivity contribution in [2.24, 2.45) is 10.9 Å². The first-order valence-electron chi connectivity index (χ1n) is 4.55. The molecule has 68 valence electrons. The van der Waals surface area contributed by atoms with E-state index in [-0.39, 0.29) is 11.9 Å². The fourth-order valence-electron chi connectivity index (χ4n) is 1.58. The number of rotatable bonds is 1. The first-order valence-corrected chi connectivity index (χ1v) is 4.55. The minimum Gasteiger partial charge on any atom is -0.284 e. The van der Waals surface area contributed by atoms with E-state index < -0.39 is 0 Å². The smallest absolute Gasteiger partial charge is 0.139 e. The maximum absolute atomic E-state index is 13.1. The molecule has 0 aromatic rings. The molecule has 0 saturated carbocycles. The highest BCUT2D eigenvalue weighted by Gasteiger charge is 2.17. The second-order valence-electron chi connectivity index (χ2n) is 3.41. The Balaban J connectivity index is 2.81. The molecule has 0 saturated heterocycles. The van der Waals surface area contributed by atoms with Crippen molar-refractivity contribution in [2.45, 2.75) is 39.7 Å². The second-order valence-corrected chi connectivity index (χ2v) is 3.41. The Bertz CT molecular complexity index is 218. The van der Waals surface area contributed by atoms with Gasteiger partial charge in [0.1, 0.15) is 5.83 Å². The van der Waals surface area contributed by atoms with Crippen LogP contribution in [-0.4, -0.2) is 11.8 Å². The van der Waals surface area contributed by atoms with Gasteiger partial charge in [0.25, 0.3) is 0 Å². The summed E-state index contributed by atoms with van der Waals surface area (Å²) in [5.41, 5.74) is 0.554. The van der Waals surface area contributed by atoms with Gasteiger partial charge in [-0.2, -0.15) is 0 Å². The van der Waals surface area contributed by atoms with Crippen LogP contribution in [0.4, 0.5) is 4.39 Å². The largest absolute Gasteiger partial charge is 0.284 e. The Morgan fingerprint density at radius 1 is 1.67 bits per heavy atom. The van der Waals surface area contributed by atoms with Crippen molar-refractivity contribution in [2.75, 3.05) is 0 Å². The Kier molecular flexibility index (Phi) is 3.01. The molecular formula is C10H16FN. The average Bonchev–Trinajstić information content (AvgIpc) is 2.14. The molecule has 12 heavy (non-hydrogen) atoms. The van der Waals surface area contributed by atoms with Crippen molar-refractivity contribution >= 4 is 5.71 Å². The summed E-state index contributed by atoms with van der Waals surface area (Å²) in [7, 11) is 0. The lowest BCUT2D eigenvalue weighted by Crippen LogP contribution is -2.13. The topological polar surface area (TPSA) is 12.4 Å². The van der Waals surface area contributed by atoms with E-state index in [0.717, 1.165) is 12.8 Å². The molecule has 0 spiro atoms. The van der Waals surface area contributed by atoms with Crippen molar-refractivity contribution in [3.8, 4) is 0 Å². The third-order valence-electron chi connectivity index (χ3n) is 2.55. The van der Waals surface area contributed by atoms with E-state index in [0.29, 0.717) is 11.6 Å². The quantitative estimate of drug-likeness (QED) is 0.572. The van der Waals surface area contributed by atoms with E-state index in [1.54, 1.807) is 13.0 Å². The summed E-state index contributed by atoms with van der Waals surface area (Å²) in [5.74, 6) is 0.367. The van der Waals surface area contributed by atoms with Gasteiger partial charge in [-0.15, -0.1) is 0 Å². The number of aliphatic imine (C=N–C) groups is 1. The number of hydrogen-bond acceptors (Lipinski definition) is 1. The zero-order valence-electron chi connectivity index (χ0n) is 7.97. The monoisotopic (exact) mass is 169 g/mol. The summed E-state index contributed by atoms with van der Waals surface area (Å²) in [5, 5.41) is 0. The second kappa shape index (κ2) is 3.83. The van der Waals surface area contributed by atoms with Crippen LogP contribution in [0.3, 0.4) is 0 Å². The Hall–Kier alpha value is -0.660. The summed E-state index contributed by atoms with van der Waals surface area (Å²) < 4.78 is 13.1. The lowest BCUT2D eigenvalue weighted by atomic mass is 9.95. The van der Waals surface area contributed by atoms with Gasteiger partial charge in [-0.05, 0) is 32.3 Å². The number of halogens is 1. The van der Waals surface area contributed by atoms with Crippen LogP contribution in [0, 0.1) is 5.92 Å². The van der Waals surface area contributed by atoms with E-state index in [1.807, 2.05) is 0 Å². The molecule has 2 heteroatoms. The molecule has 0 fully saturated rings. The van der Waals surface area contributed by atoms with Gasteiger partial charge in [-0.1, -0.05) is 13.3 Å². The molecule has 0 aromatic heterocycles. The molecule has 1 aliphatic rings. The summed E-state index contributed by atoms with van der Waals surface area (Å²) in [6.07, 6.45) is 3.56. The van der Waals surface area contributed by atoms with Crippen LogP contribution in [0.15, 0.2) is 16.9 Å². The minimum atomic E-state index is -0.141. The van der Waals surface area contributed by atoms with Gasteiger partial charge in [0.15, 0.2) is 0 Å². The average molecular weight is 169 g/mol. The lowest BCUT2D eigenvalue weighted by Gasteiger charge is -2.15. The van der Waals surface area contributed by atoms with E-state index >= 15 is 0 Å². The number of nitrogens with zero attached hydrogens (tertiary/aromatic N) is 1. The Morgan fingerprint density at radius 3 is 2.92 bits per heavy atom.